The summed E-state index contributed by atoms with van der Waals surface area (Å²) in [5.41, 5.74) is 1.86. The maximum atomic E-state index is 12.4. The molecule has 0 atom stereocenters. The van der Waals surface area contributed by atoms with E-state index in [9.17, 15) is 4.79 Å². The predicted octanol–water partition coefficient (Wildman–Crippen LogP) is 1.75. The van der Waals surface area contributed by atoms with Gasteiger partial charge in [0.25, 0.3) is 5.91 Å². The fraction of sp³-hybridized carbons (Fsp3) is 0.312. The molecule has 3 rings (SSSR count). The summed E-state index contributed by atoms with van der Waals surface area (Å²) in [6.07, 6.45) is 5.18. The first-order valence-electron chi connectivity index (χ1n) is 7.11. The number of hydrogen-bond donors (Lipinski definition) is 0. The van der Waals surface area contributed by atoms with Crippen LogP contribution in [0.25, 0.3) is 0 Å². The SMILES string of the molecule is Cc1ccc(N2CCN(C(=O)c3ccncc3)CC2)nc1. The summed E-state index contributed by atoms with van der Waals surface area (Å²) < 4.78 is 0. The molecule has 108 valence electrons. The van der Waals surface area contributed by atoms with Crippen LogP contribution in [0.4, 0.5) is 5.82 Å². The Morgan fingerprint density at radius 2 is 1.76 bits per heavy atom. The van der Waals surface area contributed by atoms with Crippen LogP contribution in [0, 0.1) is 6.92 Å². The highest BCUT2D eigenvalue weighted by Crippen LogP contribution is 2.15. The summed E-state index contributed by atoms with van der Waals surface area (Å²) in [7, 11) is 0. The van der Waals surface area contributed by atoms with Crippen LogP contribution >= 0.6 is 0 Å². The van der Waals surface area contributed by atoms with E-state index in [1.165, 1.54) is 0 Å². The third kappa shape index (κ3) is 3.02. The molecule has 0 aliphatic carbocycles. The molecule has 2 aromatic heterocycles. The largest absolute Gasteiger partial charge is 0.353 e. The first-order chi connectivity index (χ1) is 10.2. The number of nitrogens with zero attached hydrogens (tertiary/aromatic N) is 4. The van der Waals surface area contributed by atoms with E-state index in [2.05, 4.69) is 20.9 Å². The van der Waals surface area contributed by atoms with Gasteiger partial charge in [0.1, 0.15) is 5.82 Å². The van der Waals surface area contributed by atoms with Crippen molar-refractivity contribution in [2.75, 3.05) is 31.1 Å². The van der Waals surface area contributed by atoms with Crippen LogP contribution in [0.15, 0.2) is 42.9 Å². The molecule has 1 amide bonds. The van der Waals surface area contributed by atoms with Crippen molar-refractivity contribution in [2.24, 2.45) is 0 Å². The molecule has 0 N–H and O–H groups in total. The minimum atomic E-state index is 0.0777. The third-order valence-corrected chi connectivity index (χ3v) is 3.71. The van der Waals surface area contributed by atoms with Crippen molar-refractivity contribution in [1.29, 1.82) is 0 Å². The highest BCUT2D eigenvalue weighted by Gasteiger charge is 2.22. The number of piperazine rings is 1. The lowest BCUT2D eigenvalue weighted by molar-refractivity contribution is 0.0746. The van der Waals surface area contributed by atoms with Gasteiger partial charge in [-0.2, -0.15) is 0 Å². The molecule has 1 aliphatic rings. The first kappa shape index (κ1) is 13.5. The van der Waals surface area contributed by atoms with Crippen molar-refractivity contribution in [3.63, 3.8) is 0 Å². The topological polar surface area (TPSA) is 49.3 Å². The van der Waals surface area contributed by atoms with E-state index >= 15 is 0 Å². The molecule has 2 aromatic rings. The van der Waals surface area contributed by atoms with Crippen LogP contribution in [0.1, 0.15) is 15.9 Å². The zero-order valence-electron chi connectivity index (χ0n) is 12.1. The van der Waals surface area contributed by atoms with Gasteiger partial charge in [-0.3, -0.25) is 9.78 Å². The Labute approximate surface area is 124 Å². The second kappa shape index (κ2) is 5.91. The van der Waals surface area contributed by atoms with Gasteiger partial charge in [-0.25, -0.2) is 4.98 Å². The van der Waals surface area contributed by atoms with Crippen molar-refractivity contribution in [1.82, 2.24) is 14.9 Å². The molecule has 1 fully saturated rings. The van der Waals surface area contributed by atoms with Crippen LogP contribution in [0.3, 0.4) is 0 Å². The molecule has 1 aliphatic heterocycles. The highest BCUT2D eigenvalue weighted by molar-refractivity contribution is 5.94. The monoisotopic (exact) mass is 282 g/mol. The van der Waals surface area contributed by atoms with Crippen molar-refractivity contribution >= 4 is 11.7 Å². The maximum Gasteiger partial charge on any atom is 0.254 e. The Hall–Kier alpha value is -2.43. The molecular weight excluding hydrogens is 264 g/mol. The Kier molecular flexibility index (Phi) is 3.81. The second-order valence-electron chi connectivity index (χ2n) is 5.21. The summed E-state index contributed by atoms with van der Waals surface area (Å²) in [5.74, 6) is 1.06. The molecule has 5 heteroatoms. The Morgan fingerprint density at radius 3 is 2.38 bits per heavy atom. The number of aryl methyl sites for hydroxylation is 1. The summed E-state index contributed by atoms with van der Waals surface area (Å²) >= 11 is 0. The molecule has 0 aromatic carbocycles. The fourth-order valence-corrected chi connectivity index (χ4v) is 2.46. The number of carbonyl (C=O) groups is 1. The number of carbonyl (C=O) groups excluding carboxylic acids is 1. The van der Waals surface area contributed by atoms with Gasteiger partial charge in [0, 0.05) is 50.3 Å². The van der Waals surface area contributed by atoms with Gasteiger partial charge in [0.15, 0.2) is 0 Å². The van der Waals surface area contributed by atoms with Gasteiger partial charge in [-0.1, -0.05) is 6.07 Å². The van der Waals surface area contributed by atoms with E-state index < -0.39 is 0 Å². The first-order valence-corrected chi connectivity index (χ1v) is 7.11. The highest BCUT2D eigenvalue weighted by atomic mass is 16.2. The molecule has 1 saturated heterocycles. The number of pyridine rings is 2. The normalized spacial score (nSPS) is 15.1. The molecule has 3 heterocycles. The molecule has 21 heavy (non-hydrogen) atoms. The predicted molar refractivity (Wildman–Crippen MR) is 81.3 cm³/mol. The molecular formula is C16H18N4O. The van der Waals surface area contributed by atoms with Crippen molar-refractivity contribution in [2.45, 2.75) is 6.92 Å². The van der Waals surface area contributed by atoms with E-state index in [0.717, 1.165) is 37.6 Å². The minimum absolute atomic E-state index is 0.0777. The van der Waals surface area contributed by atoms with Crippen LogP contribution in [-0.2, 0) is 0 Å². The van der Waals surface area contributed by atoms with E-state index in [1.807, 2.05) is 24.1 Å². The molecule has 0 radical (unpaired) electrons. The lowest BCUT2D eigenvalue weighted by atomic mass is 10.2. The van der Waals surface area contributed by atoms with Crippen LogP contribution < -0.4 is 4.90 Å². The van der Waals surface area contributed by atoms with Gasteiger partial charge in [-0.05, 0) is 30.7 Å². The summed E-state index contributed by atoms with van der Waals surface area (Å²) in [4.78, 5) is 24.8. The smallest absolute Gasteiger partial charge is 0.254 e. The van der Waals surface area contributed by atoms with Crippen LogP contribution in [-0.4, -0.2) is 47.0 Å². The van der Waals surface area contributed by atoms with E-state index in [4.69, 9.17) is 0 Å². The molecule has 0 unspecified atom stereocenters. The van der Waals surface area contributed by atoms with E-state index in [-0.39, 0.29) is 5.91 Å². The Balaban J connectivity index is 1.63. The third-order valence-electron chi connectivity index (χ3n) is 3.71. The number of rotatable bonds is 2. The molecule has 5 nitrogen and oxygen atoms in total. The quantitative estimate of drug-likeness (QED) is 0.842. The average Bonchev–Trinajstić information content (AvgIpc) is 2.56. The van der Waals surface area contributed by atoms with Gasteiger partial charge >= 0.3 is 0 Å². The number of anilines is 1. The number of aromatic nitrogens is 2. The van der Waals surface area contributed by atoms with Gasteiger partial charge in [-0.15, -0.1) is 0 Å². The maximum absolute atomic E-state index is 12.4. The van der Waals surface area contributed by atoms with E-state index in [1.54, 1.807) is 24.5 Å². The fourth-order valence-electron chi connectivity index (χ4n) is 2.46. The lowest BCUT2D eigenvalue weighted by Crippen LogP contribution is -2.49. The summed E-state index contributed by atoms with van der Waals surface area (Å²) in [6.45, 7) is 5.09. The standard InChI is InChI=1S/C16H18N4O/c1-13-2-3-15(18-12-13)19-8-10-20(11-9-19)16(21)14-4-6-17-7-5-14/h2-7,12H,8-11H2,1H3. The van der Waals surface area contributed by atoms with E-state index in [0.29, 0.717) is 5.56 Å². The second-order valence-corrected chi connectivity index (χ2v) is 5.21. The zero-order chi connectivity index (χ0) is 14.7. The van der Waals surface area contributed by atoms with Crippen molar-refractivity contribution in [3.05, 3.63) is 54.0 Å². The summed E-state index contributed by atoms with van der Waals surface area (Å²) in [5, 5.41) is 0. The zero-order valence-corrected chi connectivity index (χ0v) is 12.1. The van der Waals surface area contributed by atoms with Gasteiger partial charge in [0.05, 0.1) is 0 Å². The molecule has 0 bridgehead atoms. The van der Waals surface area contributed by atoms with Crippen LogP contribution in [0.2, 0.25) is 0 Å². The summed E-state index contributed by atoms with van der Waals surface area (Å²) in [6, 6.07) is 7.62. The molecule has 0 saturated carbocycles. The molecule has 0 spiro atoms. The number of hydrogen-bond acceptors (Lipinski definition) is 4. The van der Waals surface area contributed by atoms with Gasteiger partial charge < -0.3 is 9.80 Å². The van der Waals surface area contributed by atoms with Crippen molar-refractivity contribution in [3.8, 4) is 0 Å². The Bertz CT molecular complexity index is 604. The van der Waals surface area contributed by atoms with Gasteiger partial charge in [0.2, 0.25) is 0 Å². The lowest BCUT2D eigenvalue weighted by Gasteiger charge is -2.35. The van der Waals surface area contributed by atoms with Crippen LogP contribution in [0.5, 0.6) is 0 Å². The number of amides is 1. The Morgan fingerprint density at radius 1 is 1.05 bits per heavy atom. The average molecular weight is 282 g/mol. The van der Waals surface area contributed by atoms with Crippen molar-refractivity contribution < 1.29 is 4.79 Å². The minimum Gasteiger partial charge on any atom is -0.353 e.